The van der Waals surface area contributed by atoms with E-state index in [1.165, 1.54) is 5.56 Å². The Labute approximate surface area is 103 Å². The maximum absolute atomic E-state index is 5.78. The van der Waals surface area contributed by atoms with Gasteiger partial charge in [0, 0.05) is 17.6 Å². The second-order valence-corrected chi connectivity index (χ2v) is 3.95. The van der Waals surface area contributed by atoms with Crippen LogP contribution < -0.4 is 17.7 Å². The SMILES string of the molecule is CC(C)NC/C=C/c1ccc(Cl)cc1.[Cl-]. The molecule has 84 valence electrons. The van der Waals surface area contributed by atoms with E-state index in [1.54, 1.807) is 0 Å². The third-order valence-corrected chi connectivity index (χ3v) is 2.08. The van der Waals surface area contributed by atoms with Crippen molar-refractivity contribution in [3.8, 4) is 0 Å². The van der Waals surface area contributed by atoms with E-state index in [9.17, 15) is 0 Å². The molecule has 0 spiro atoms. The van der Waals surface area contributed by atoms with E-state index in [2.05, 4.69) is 31.3 Å². The molecule has 1 rings (SSSR count). The Balaban J connectivity index is 0.00000196. The van der Waals surface area contributed by atoms with Crippen LogP contribution in [0.4, 0.5) is 0 Å². The Morgan fingerprint density at radius 1 is 1.27 bits per heavy atom. The lowest BCUT2D eigenvalue weighted by Crippen LogP contribution is -3.00. The van der Waals surface area contributed by atoms with Gasteiger partial charge < -0.3 is 17.7 Å². The maximum Gasteiger partial charge on any atom is 0.0406 e. The highest BCUT2D eigenvalue weighted by atomic mass is 35.5. The molecule has 0 radical (unpaired) electrons. The molecule has 0 aliphatic carbocycles. The van der Waals surface area contributed by atoms with Gasteiger partial charge in [0.15, 0.2) is 0 Å². The van der Waals surface area contributed by atoms with Gasteiger partial charge in [-0.05, 0) is 17.7 Å². The van der Waals surface area contributed by atoms with Crippen LogP contribution in [0, 0.1) is 0 Å². The summed E-state index contributed by atoms with van der Waals surface area (Å²) in [7, 11) is 0. The molecule has 0 saturated heterocycles. The van der Waals surface area contributed by atoms with Crippen LogP contribution in [-0.2, 0) is 0 Å². The summed E-state index contributed by atoms with van der Waals surface area (Å²) in [6.07, 6.45) is 4.20. The van der Waals surface area contributed by atoms with E-state index in [4.69, 9.17) is 11.6 Å². The predicted molar refractivity (Wildman–Crippen MR) is 63.6 cm³/mol. The average Bonchev–Trinajstić information content (AvgIpc) is 2.15. The van der Waals surface area contributed by atoms with Crippen LogP contribution in [0.25, 0.3) is 6.08 Å². The number of benzene rings is 1. The van der Waals surface area contributed by atoms with Gasteiger partial charge in [0.05, 0.1) is 0 Å². The number of hydrogen-bond donors (Lipinski definition) is 1. The van der Waals surface area contributed by atoms with E-state index < -0.39 is 0 Å². The fourth-order valence-corrected chi connectivity index (χ4v) is 1.20. The van der Waals surface area contributed by atoms with Crippen LogP contribution in [0.3, 0.4) is 0 Å². The number of rotatable bonds is 4. The molecule has 1 nitrogen and oxygen atoms in total. The van der Waals surface area contributed by atoms with Crippen molar-refractivity contribution in [2.75, 3.05) is 6.54 Å². The smallest absolute Gasteiger partial charge is 0.0406 e. The van der Waals surface area contributed by atoms with Gasteiger partial charge >= 0.3 is 0 Å². The first-order chi connectivity index (χ1) is 6.68. The Hall–Kier alpha value is -0.500. The van der Waals surface area contributed by atoms with E-state index in [1.807, 2.05) is 24.3 Å². The highest BCUT2D eigenvalue weighted by Crippen LogP contribution is 2.10. The van der Waals surface area contributed by atoms with Crippen molar-refractivity contribution in [2.24, 2.45) is 0 Å². The number of halogens is 2. The summed E-state index contributed by atoms with van der Waals surface area (Å²) < 4.78 is 0. The zero-order chi connectivity index (χ0) is 10.4. The van der Waals surface area contributed by atoms with Crippen molar-refractivity contribution in [3.05, 3.63) is 40.9 Å². The Bertz CT molecular complexity index is 291. The molecule has 1 aromatic carbocycles. The highest BCUT2D eigenvalue weighted by molar-refractivity contribution is 6.30. The third-order valence-electron chi connectivity index (χ3n) is 1.82. The van der Waals surface area contributed by atoms with Crippen molar-refractivity contribution in [3.63, 3.8) is 0 Å². The minimum absolute atomic E-state index is 0. The van der Waals surface area contributed by atoms with Gasteiger partial charge in [-0.15, -0.1) is 0 Å². The molecule has 0 aromatic heterocycles. The summed E-state index contributed by atoms with van der Waals surface area (Å²) >= 11 is 5.78. The van der Waals surface area contributed by atoms with E-state index in [0.29, 0.717) is 6.04 Å². The van der Waals surface area contributed by atoms with E-state index >= 15 is 0 Å². The van der Waals surface area contributed by atoms with Crippen LogP contribution in [0.2, 0.25) is 5.02 Å². The highest BCUT2D eigenvalue weighted by Gasteiger charge is 1.88. The standard InChI is InChI=1S/C12H16ClN.ClH/c1-10(2)14-9-3-4-11-5-7-12(13)8-6-11;/h3-8,10,14H,9H2,1-2H3;1H/p-1/b4-3+;. The zero-order valence-corrected chi connectivity index (χ0v) is 10.5. The molecule has 0 atom stereocenters. The van der Waals surface area contributed by atoms with Crippen molar-refractivity contribution in [1.82, 2.24) is 5.32 Å². The van der Waals surface area contributed by atoms with Crippen molar-refractivity contribution in [2.45, 2.75) is 19.9 Å². The van der Waals surface area contributed by atoms with Gasteiger partial charge in [0.2, 0.25) is 0 Å². The minimum Gasteiger partial charge on any atom is -1.00 e. The largest absolute Gasteiger partial charge is 1.00 e. The van der Waals surface area contributed by atoms with Crippen molar-refractivity contribution < 1.29 is 12.4 Å². The van der Waals surface area contributed by atoms with Gasteiger partial charge in [-0.1, -0.05) is 49.7 Å². The minimum atomic E-state index is 0. The zero-order valence-electron chi connectivity index (χ0n) is 9.00. The topological polar surface area (TPSA) is 12.0 Å². The van der Waals surface area contributed by atoms with Gasteiger partial charge in [-0.2, -0.15) is 0 Å². The second-order valence-electron chi connectivity index (χ2n) is 3.52. The normalized spacial score (nSPS) is 10.7. The molecular weight excluding hydrogens is 229 g/mol. The van der Waals surface area contributed by atoms with Crippen LogP contribution in [0.5, 0.6) is 0 Å². The Kier molecular flexibility index (Phi) is 7.49. The molecule has 0 unspecified atom stereocenters. The first-order valence-electron chi connectivity index (χ1n) is 4.84. The molecule has 0 amide bonds. The fourth-order valence-electron chi connectivity index (χ4n) is 1.07. The Morgan fingerprint density at radius 3 is 2.40 bits per heavy atom. The van der Waals surface area contributed by atoms with Crippen molar-refractivity contribution >= 4 is 17.7 Å². The molecular formula is C12H16Cl2N-. The summed E-state index contributed by atoms with van der Waals surface area (Å²) in [5.41, 5.74) is 1.18. The monoisotopic (exact) mass is 244 g/mol. The molecule has 15 heavy (non-hydrogen) atoms. The van der Waals surface area contributed by atoms with E-state index in [-0.39, 0.29) is 12.4 Å². The number of hydrogen-bond acceptors (Lipinski definition) is 1. The Morgan fingerprint density at radius 2 is 1.87 bits per heavy atom. The molecule has 0 aliphatic heterocycles. The molecule has 3 heteroatoms. The first kappa shape index (κ1) is 14.5. The van der Waals surface area contributed by atoms with Gasteiger partial charge in [0.1, 0.15) is 0 Å². The van der Waals surface area contributed by atoms with Gasteiger partial charge in [0.25, 0.3) is 0 Å². The fraction of sp³-hybridized carbons (Fsp3) is 0.333. The first-order valence-corrected chi connectivity index (χ1v) is 5.22. The van der Waals surface area contributed by atoms with Gasteiger partial charge in [-0.25, -0.2) is 0 Å². The molecule has 1 N–H and O–H groups in total. The third kappa shape index (κ3) is 6.56. The molecule has 0 heterocycles. The summed E-state index contributed by atoms with van der Waals surface area (Å²) in [5.74, 6) is 0. The van der Waals surface area contributed by atoms with Crippen LogP contribution >= 0.6 is 11.6 Å². The quantitative estimate of drug-likeness (QED) is 0.807. The summed E-state index contributed by atoms with van der Waals surface area (Å²) in [6, 6.07) is 8.35. The summed E-state index contributed by atoms with van der Waals surface area (Å²) in [5, 5.41) is 4.09. The summed E-state index contributed by atoms with van der Waals surface area (Å²) in [4.78, 5) is 0. The van der Waals surface area contributed by atoms with Crippen LogP contribution in [0.15, 0.2) is 30.3 Å². The van der Waals surface area contributed by atoms with Gasteiger partial charge in [-0.3, -0.25) is 0 Å². The molecule has 0 aliphatic rings. The second kappa shape index (κ2) is 7.75. The lowest BCUT2D eigenvalue weighted by molar-refractivity contribution is -0.00000301. The lowest BCUT2D eigenvalue weighted by Gasteiger charge is -2.03. The molecule has 1 aromatic rings. The molecule has 0 fully saturated rings. The van der Waals surface area contributed by atoms with E-state index in [0.717, 1.165) is 11.6 Å². The van der Waals surface area contributed by atoms with Crippen LogP contribution in [0.1, 0.15) is 19.4 Å². The predicted octanol–water partition coefficient (Wildman–Crippen LogP) is 0.355. The maximum atomic E-state index is 5.78. The van der Waals surface area contributed by atoms with Crippen LogP contribution in [-0.4, -0.2) is 12.6 Å². The molecule has 0 saturated carbocycles. The molecule has 0 bridgehead atoms. The average molecular weight is 245 g/mol. The lowest BCUT2D eigenvalue weighted by atomic mass is 10.2. The van der Waals surface area contributed by atoms with Crippen molar-refractivity contribution in [1.29, 1.82) is 0 Å². The number of nitrogens with one attached hydrogen (secondary N) is 1. The summed E-state index contributed by atoms with van der Waals surface area (Å²) in [6.45, 7) is 5.17.